The zero-order valence-electron chi connectivity index (χ0n) is 34.3. The first kappa shape index (κ1) is 36.8. The van der Waals surface area contributed by atoms with E-state index in [0.29, 0.717) is 17.0 Å². The van der Waals surface area contributed by atoms with Crippen molar-refractivity contribution in [2.45, 2.75) is 0 Å². The van der Waals surface area contributed by atoms with Gasteiger partial charge in [0.15, 0.2) is 5.82 Å². The number of aromatic nitrogens is 6. The maximum absolute atomic E-state index is 10.6. The molecule has 0 radical (unpaired) electrons. The molecule has 7 heteroatoms. The van der Waals surface area contributed by atoms with Crippen LogP contribution in [0.1, 0.15) is 5.56 Å². The van der Waals surface area contributed by atoms with Crippen LogP contribution < -0.4 is 0 Å². The minimum atomic E-state index is 0.476. The molecule has 5 aromatic heterocycles. The summed E-state index contributed by atoms with van der Waals surface area (Å²) < 4.78 is 4.71. The molecule has 0 bridgehead atoms. The molecule has 64 heavy (non-hydrogen) atoms. The Hall–Kier alpha value is -8.99. The van der Waals surface area contributed by atoms with Gasteiger partial charge in [0.05, 0.1) is 45.1 Å². The molecule has 0 aliphatic rings. The Bertz CT molecular complexity index is 3730. The fourth-order valence-electron chi connectivity index (χ4n) is 9.18. The first-order valence-corrected chi connectivity index (χ1v) is 21.2. The summed E-state index contributed by atoms with van der Waals surface area (Å²) in [5, 5.41) is 15.3. The van der Waals surface area contributed by atoms with Crippen molar-refractivity contribution in [1.29, 1.82) is 5.26 Å². The molecule has 0 saturated heterocycles. The Kier molecular flexibility index (Phi) is 8.73. The second-order valence-corrected chi connectivity index (χ2v) is 15.9. The predicted molar refractivity (Wildman–Crippen MR) is 258 cm³/mol. The Morgan fingerprint density at radius 3 is 1.44 bits per heavy atom. The van der Waals surface area contributed by atoms with Crippen molar-refractivity contribution >= 4 is 43.6 Å². The average Bonchev–Trinajstić information content (AvgIpc) is 3.89. The summed E-state index contributed by atoms with van der Waals surface area (Å²) in [5.74, 6) is 0.476. The monoisotopic (exact) mass is 817 g/mol. The summed E-state index contributed by atoms with van der Waals surface area (Å²) in [5.41, 5.74) is 15.5. The van der Waals surface area contributed by atoms with Crippen molar-refractivity contribution in [3.05, 3.63) is 218 Å². The third-order valence-electron chi connectivity index (χ3n) is 12.2. The highest BCUT2D eigenvalue weighted by Gasteiger charge is 2.18. The van der Waals surface area contributed by atoms with E-state index in [1.54, 1.807) is 24.8 Å². The van der Waals surface area contributed by atoms with Gasteiger partial charge in [0.1, 0.15) is 0 Å². The molecule has 0 atom stereocenters. The van der Waals surface area contributed by atoms with Crippen LogP contribution in [0.4, 0.5) is 0 Å². The molecule has 7 aromatic carbocycles. The minimum absolute atomic E-state index is 0.476. The zero-order valence-corrected chi connectivity index (χ0v) is 34.3. The molecule has 0 aliphatic heterocycles. The summed E-state index contributed by atoms with van der Waals surface area (Å²) in [4.78, 5) is 18.3. The number of nitriles is 1. The van der Waals surface area contributed by atoms with Gasteiger partial charge in [-0.2, -0.15) is 5.26 Å². The fraction of sp³-hybridized carbons (Fsp3) is 0. The molecular formula is C57H35N7. The van der Waals surface area contributed by atoms with E-state index in [1.165, 1.54) is 21.8 Å². The smallest absolute Gasteiger partial charge is 0.161 e. The van der Waals surface area contributed by atoms with E-state index < -0.39 is 0 Å². The van der Waals surface area contributed by atoms with Crippen molar-refractivity contribution in [3.63, 3.8) is 0 Å². The number of nitrogens with zero attached hydrogens (tertiary/aromatic N) is 7. The third kappa shape index (κ3) is 6.21. The minimum Gasteiger partial charge on any atom is -0.309 e. The summed E-state index contributed by atoms with van der Waals surface area (Å²) >= 11 is 0. The lowest BCUT2D eigenvalue weighted by atomic mass is 9.97. The van der Waals surface area contributed by atoms with Crippen LogP contribution in [0.2, 0.25) is 0 Å². The van der Waals surface area contributed by atoms with Gasteiger partial charge in [-0.05, 0) is 125 Å². The second kappa shape index (κ2) is 15.2. The van der Waals surface area contributed by atoms with Crippen molar-refractivity contribution in [2.24, 2.45) is 0 Å². The number of fused-ring (bicyclic) bond motifs is 6. The molecular weight excluding hydrogens is 783 g/mol. The maximum Gasteiger partial charge on any atom is 0.161 e. The van der Waals surface area contributed by atoms with Crippen LogP contribution in [0.5, 0.6) is 0 Å². The van der Waals surface area contributed by atoms with Gasteiger partial charge in [-0.25, -0.2) is 9.97 Å². The molecule has 0 amide bonds. The van der Waals surface area contributed by atoms with E-state index in [1.807, 2.05) is 42.5 Å². The molecule has 5 heterocycles. The molecule has 0 aliphatic carbocycles. The lowest BCUT2D eigenvalue weighted by molar-refractivity contribution is 1.17. The van der Waals surface area contributed by atoms with Crippen LogP contribution in [0.15, 0.2) is 213 Å². The highest BCUT2D eigenvalue weighted by atomic mass is 15.0. The van der Waals surface area contributed by atoms with Crippen LogP contribution in [-0.4, -0.2) is 29.1 Å². The van der Waals surface area contributed by atoms with E-state index in [0.717, 1.165) is 77.9 Å². The molecule has 0 spiro atoms. The standard InChI is InChI=1S/C57H35N7/c58-36-43-31-40(17-20-46(43)57-61-51(37-23-27-59-28-24-37)35-52(62-57)38-25-29-60-30-26-38)42-19-22-56-50(34-42)48-14-5-7-16-54(48)64(56)45-12-8-9-39(32-45)41-18-21-55-49(33-41)47-13-4-6-15-53(47)63(55)44-10-2-1-3-11-44/h1-35H. The van der Waals surface area contributed by atoms with Crippen LogP contribution in [0, 0.1) is 11.3 Å². The molecule has 0 N–H and O–H groups in total. The van der Waals surface area contributed by atoms with Crippen molar-refractivity contribution in [1.82, 2.24) is 29.1 Å². The summed E-state index contributed by atoms with van der Waals surface area (Å²) in [6.07, 6.45) is 6.99. The molecule has 12 rings (SSSR count). The first-order valence-electron chi connectivity index (χ1n) is 21.2. The first-order chi connectivity index (χ1) is 31.7. The van der Waals surface area contributed by atoms with E-state index in [4.69, 9.17) is 9.97 Å². The maximum atomic E-state index is 10.6. The molecule has 0 fully saturated rings. The van der Waals surface area contributed by atoms with Crippen LogP contribution in [-0.2, 0) is 0 Å². The van der Waals surface area contributed by atoms with Gasteiger partial charge in [-0.3, -0.25) is 9.97 Å². The summed E-state index contributed by atoms with van der Waals surface area (Å²) in [6, 6.07) is 68.1. The zero-order chi connectivity index (χ0) is 42.6. The van der Waals surface area contributed by atoms with Gasteiger partial charge in [0, 0.05) is 74.4 Å². The number of para-hydroxylation sites is 3. The van der Waals surface area contributed by atoms with Crippen LogP contribution >= 0.6 is 0 Å². The van der Waals surface area contributed by atoms with E-state index in [2.05, 4.69) is 171 Å². The lowest BCUT2D eigenvalue weighted by Crippen LogP contribution is -1.98. The van der Waals surface area contributed by atoms with Gasteiger partial charge >= 0.3 is 0 Å². The predicted octanol–water partition coefficient (Wildman–Crippen LogP) is 13.7. The molecule has 7 nitrogen and oxygen atoms in total. The van der Waals surface area contributed by atoms with Crippen LogP contribution in [0.25, 0.3) is 111 Å². The van der Waals surface area contributed by atoms with Crippen molar-refractivity contribution in [2.75, 3.05) is 0 Å². The Labute approximate surface area is 368 Å². The average molecular weight is 818 g/mol. The Balaban J connectivity index is 0.939. The number of benzene rings is 7. The van der Waals surface area contributed by atoms with Crippen LogP contribution in [0.3, 0.4) is 0 Å². The van der Waals surface area contributed by atoms with Gasteiger partial charge in [-0.1, -0.05) is 84.9 Å². The van der Waals surface area contributed by atoms with Gasteiger partial charge < -0.3 is 9.13 Å². The van der Waals surface area contributed by atoms with Crippen molar-refractivity contribution in [3.8, 4) is 73.6 Å². The number of hydrogen-bond donors (Lipinski definition) is 0. The van der Waals surface area contributed by atoms with Gasteiger partial charge in [-0.15, -0.1) is 0 Å². The van der Waals surface area contributed by atoms with Gasteiger partial charge in [0.25, 0.3) is 0 Å². The number of hydrogen-bond acceptors (Lipinski definition) is 5. The molecule has 0 saturated carbocycles. The highest BCUT2D eigenvalue weighted by Crippen LogP contribution is 2.39. The fourth-order valence-corrected chi connectivity index (χ4v) is 9.18. The van der Waals surface area contributed by atoms with Gasteiger partial charge in [0.2, 0.25) is 0 Å². The molecule has 298 valence electrons. The topological polar surface area (TPSA) is 85.2 Å². The molecule has 0 unspecified atom stereocenters. The number of pyridine rings is 2. The van der Waals surface area contributed by atoms with E-state index in [-0.39, 0.29) is 0 Å². The largest absolute Gasteiger partial charge is 0.309 e. The van der Waals surface area contributed by atoms with E-state index in [9.17, 15) is 5.26 Å². The Morgan fingerprint density at radius 2 is 0.844 bits per heavy atom. The Morgan fingerprint density at radius 1 is 0.359 bits per heavy atom. The van der Waals surface area contributed by atoms with E-state index >= 15 is 0 Å². The lowest BCUT2D eigenvalue weighted by Gasteiger charge is -2.12. The number of rotatable bonds is 7. The normalized spacial score (nSPS) is 11.4. The van der Waals surface area contributed by atoms with Crippen molar-refractivity contribution < 1.29 is 0 Å². The second-order valence-electron chi connectivity index (χ2n) is 15.9. The molecule has 12 aromatic rings. The third-order valence-corrected chi connectivity index (χ3v) is 12.2. The SMILES string of the molecule is N#Cc1cc(-c2ccc3c(c2)c2ccccc2n3-c2cccc(-c3ccc4c(c3)c3ccccc3n4-c3ccccc3)c2)ccc1-c1nc(-c2ccncc2)cc(-c2ccncc2)n1. The summed E-state index contributed by atoms with van der Waals surface area (Å²) in [6.45, 7) is 0. The summed E-state index contributed by atoms with van der Waals surface area (Å²) in [7, 11) is 0. The highest BCUT2D eigenvalue weighted by molar-refractivity contribution is 6.12. The quantitative estimate of drug-likeness (QED) is 0.160.